The second kappa shape index (κ2) is 7.94. The van der Waals surface area contributed by atoms with Crippen LogP contribution in [-0.2, 0) is 6.54 Å². The Kier molecular flexibility index (Phi) is 7.71. The molecule has 1 heterocycles. The van der Waals surface area contributed by atoms with Gasteiger partial charge in [-0.05, 0) is 12.3 Å². The fourth-order valence-corrected chi connectivity index (χ4v) is 1.30. The number of aliphatic hydroxyl groups excluding tert-OH is 1. The second-order valence-corrected chi connectivity index (χ2v) is 3.54. The van der Waals surface area contributed by atoms with Gasteiger partial charge in [-0.3, -0.25) is 0 Å². The number of aromatic nitrogens is 1. The van der Waals surface area contributed by atoms with Crippen LogP contribution in [0.2, 0.25) is 0 Å². The van der Waals surface area contributed by atoms with Gasteiger partial charge in [0.2, 0.25) is 0 Å². The SMILES string of the molecule is CC(CO)CCC[n+]1ccccc1.[Br-]. The zero-order chi connectivity index (χ0) is 9.52. The molecule has 1 rings (SSSR count). The molecular weight excluding hydrogens is 242 g/mol. The highest BCUT2D eigenvalue weighted by Gasteiger charge is 2.02. The first kappa shape index (κ1) is 13.6. The predicted molar refractivity (Wildman–Crippen MR) is 52.1 cm³/mol. The van der Waals surface area contributed by atoms with Crippen LogP contribution in [0.3, 0.4) is 0 Å². The van der Waals surface area contributed by atoms with Crippen LogP contribution in [0.5, 0.6) is 0 Å². The Morgan fingerprint density at radius 2 is 1.86 bits per heavy atom. The van der Waals surface area contributed by atoms with E-state index in [1.54, 1.807) is 0 Å². The zero-order valence-corrected chi connectivity index (χ0v) is 10.2. The lowest BCUT2D eigenvalue weighted by Crippen LogP contribution is -3.00. The lowest BCUT2D eigenvalue weighted by atomic mass is 10.1. The fourth-order valence-electron chi connectivity index (χ4n) is 1.30. The number of aliphatic hydroxyl groups is 1. The van der Waals surface area contributed by atoms with Crippen LogP contribution in [0.25, 0.3) is 0 Å². The third kappa shape index (κ3) is 5.35. The molecule has 1 N–H and O–H groups in total. The lowest BCUT2D eigenvalue weighted by Gasteiger charge is -2.04. The molecule has 1 aromatic rings. The van der Waals surface area contributed by atoms with E-state index in [0.29, 0.717) is 12.5 Å². The molecule has 0 aromatic carbocycles. The molecule has 1 atom stereocenters. The molecule has 2 nitrogen and oxygen atoms in total. The Morgan fingerprint density at radius 1 is 1.21 bits per heavy atom. The van der Waals surface area contributed by atoms with E-state index in [0.717, 1.165) is 19.4 Å². The second-order valence-electron chi connectivity index (χ2n) is 3.54. The van der Waals surface area contributed by atoms with Crippen LogP contribution >= 0.6 is 0 Å². The standard InChI is InChI=1S/C11H18NO.BrH/c1-11(10-13)6-5-9-12-7-3-2-4-8-12;/h2-4,7-8,11,13H,5-6,9-10H2,1H3;1H/q+1;/p-1. The van der Waals surface area contributed by atoms with E-state index in [9.17, 15) is 0 Å². The first-order chi connectivity index (χ1) is 6.33. The van der Waals surface area contributed by atoms with Gasteiger partial charge < -0.3 is 22.1 Å². The van der Waals surface area contributed by atoms with Crippen LogP contribution in [0.15, 0.2) is 30.6 Å². The number of nitrogens with zero attached hydrogens (tertiary/aromatic N) is 1. The lowest BCUT2D eigenvalue weighted by molar-refractivity contribution is -0.697. The molecule has 0 spiro atoms. The summed E-state index contributed by atoms with van der Waals surface area (Å²) in [5.41, 5.74) is 0. The number of halogens is 1. The molecule has 0 bridgehead atoms. The van der Waals surface area contributed by atoms with Crippen molar-refractivity contribution >= 4 is 0 Å². The first-order valence-corrected chi connectivity index (χ1v) is 4.88. The van der Waals surface area contributed by atoms with Gasteiger partial charge in [-0.1, -0.05) is 13.0 Å². The van der Waals surface area contributed by atoms with Crippen molar-refractivity contribution in [2.45, 2.75) is 26.3 Å². The fraction of sp³-hybridized carbons (Fsp3) is 0.545. The summed E-state index contributed by atoms with van der Waals surface area (Å²) in [5.74, 6) is 0.435. The Labute approximate surface area is 96.4 Å². The van der Waals surface area contributed by atoms with Gasteiger partial charge in [0.15, 0.2) is 12.4 Å². The molecule has 80 valence electrons. The Hall–Kier alpha value is -0.410. The highest BCUT2D eigenvalue weighted by Crippen LogP contribution is 2.03. The van der Waals surface area contributed by atoms with Crippen LogP contribution in [0.4, 0.5) is 0 Å². The van der Waals surface area contributed by atoms with Crippen LogP contribution in [-0.4, -0.2) is 11.7 Å². The van der Waals surface area contributed by atoms with Gasteiger partial charge in [0.25, 0.3) is 0 Å². The molecular formula is C11H18BrNO. The van der Waals surface area contributed by atoms with E-state index in [4.69, 9.17) is 5.11 Å². The predicted octanol–water partition coefficient (Wildman–Crippen LogP) is -1.61. The Morgan fingerprint density at radius 3 is 2.43 bits per heavy atom. The summed E-state index contributed by atoms with van der Waals surface area (Å²) in [6.45, 7) is 3.43. The van der Waals surface area contributed by atoms with E-state index < -0.39 is 0 Å². The van der Waals surface area contributed by atoms with Crippen molar-refractivity contribution < 1.29 is 26.7 Å². The maximum atomic E-state index is 8.83. The van der Waals surface area contributed by atoms with Crippen molar-refractivity contribution in [3.05, 3.63) is 30.6 Å². The molecule has 14 heavy (non-hydrogen) atoms. The summed E-state index contributed by atoms with van der Waals surface area (Å²) in [5, 5.41) is 8.83. The number of pyridine rings is 1. The minimum absolute atomic E-state index is 0. The van der Waals surface area contributed by atoms with Gasteiger partial charge in [-0.15, -0.1) is 0 Å². The van der Waals surface area contributed by atoms with E-state index in [1.807, 2.05) is 18.2 Å². The summed E-state index contributed by atoms with van der Waals surface area (Å²) in [4.78, 5) is 0. The zero-order valence-electron chi connectivity index (χ0n) is 8.56. The molecule has 0 aliphatic rings. The molecule has 0 fully saturated rings. The highest BCUT2D eigenvalue weighted by molar-refractivity contribution is 4.83. The van der Waals surface area contributed by atoms with Crippen molar-refractivity contribution in [1.29, 1.82) is 0 Å². The van der Waals surface area contributed by atoms with Crippen molar-refractivity contribution in [3.63, 3.8) is 0 Å². The van der Waals surface area contributed by atoms with Gasteiger partial charge in [0.1, 0.15) is 6.54 Å². The number of rotatable bonds is 5. The van der Waals surface area contributed by atoms with Gasteiger partial charge >= 0.3 is 0 Å². The van der Waals surface area contributed by atoms with E-state index in [-0.39, 0.29) is 17.0 Å². The molecule has 3 heteroatoms. The van der Waals surface area contributed by atoms with Gasteiger partial charge in [0.05, 0.1) is 0 Å². The first-order valence-electron chi connectivity index (χ1n) is 4.88. The highest BCUT2D eigenvalue weighted by atomic mass is 79.9. The largest absolute Gasteiger partial charge is 1.00 e. The summed E-state index contributed by atoms with van der Waals surface area (Å²) in [6.07, 6.45) is 6.38. The number of aryl methyl sites for hydroxylation is 1. The molecule has 0 saturated heterocycles. The maximum Gasteiger partial charge on any atom is 0.168 e. The third-order valence-electron chi connectivity index (χ3n) is 2.20. The maximum absolute atomic E-state index is 8.83. The van der Waals surface area contributed by atoms with Gasteiger partial charge in [0, 0.05) is 25.2 Å². The Balaban J connectivity index is 0.00000169. The summed E-state index contributed by atoms with van der Waals surface area (Å²) >= 11 is 0. The van der Waals surface area contributed by atoms with Crippen LogP contribution < -0.4 is 21.5 Å². The van der Waals surface area contributed by atoms with Crippen molar-refractivity contribution in [1.82, 2.24) is 0 Å². The summed E-state index contributed by atoms with van der Waals surface area (Å²) in [6, 6.07) is 6.10. The monoisotopic (exact) mass is 259 g/mol. The van der Waals surface area contributed by atoms with E-state index in [1.165, 1.54) is 0 Å². The quantitative estimate of drug-likeness (QED) is 0.633. The Bertz CT molecular complexity index is 228. The molecule has 0 saturated carbocycles. The molecule has 1 unspecified atom stereocenters. The summed E-state index contributed by atoms with van der Waals surface area (Å²) in [7, 11) is 0. The van der Waals surface area contributed by atoms with Crippen molar-refractivity contribution in [2.24, 2.45) is 5.92 Å². The number of hydrogen-bond acceptors (Lipinski definition) is 1. The average molecular weight is 260 g/mol. The molecule has 0 radical (unpaired) electrons. The molecule has 0 amide bonds. The molecule has 0 aliphatic heterocycles. The van der Waals surface area contributed by atoms with Crippen molar-refractivity contribution in [3.8, 4) is 0 Å². The molecule has 1 aromatic heterocycles. The van der Waals surface area contributed by atoms with Gasteiger partial charge in [-0.2, -0.15) is 0 Å². The minimum atomic E-state index is 0. The van der Waals surface area contributed by atoms with E-state index in [2.05, 4.69) is 23.9 Å². The normalized spacial score (nSPS) is 11.9. The number of hydrogen-bond donors (Lipinski definition) is 1. The van der Waals surface area contributed by atoms with Crippen LogP contribution in [0.1, 0.15) is 19.8 Å². The topological polar surface area (TPSA) is 24.1 Å². The molecule has 0 aliphatic carbocycles. The summed E-state index contributed by atoms with van der Waals surface area (Å²) < 4.78 is 2.17. The van der Waals surface area contributed by atoms with Crippen molar-refractivity contribution in [2.75, 3.05) is 6.61 Å². The third-order valence-corrected chi connectivity index (χ3v) is 2.20. The van der Waals surface area contributed by atoms with Gasteiger partial charge in [-0.25, -0.2) is 4.57 Å². The smallest absolute Gasteiger partial charge is 0.168 e. The average Bonchev–Trinajstić information content (AvgIpc) is 2.19. The minimum Gasteiger partial charge on any atom is -1.00 e. The van der Waals surface area contributed by atoms with Crippen LogP contribution in [0, 0.1) is 5.92 Å². The van der Waals surface area contributed by atoms with E-state index >= 15 is 0 Å².